The second-order valence-corrected chi connectivity index (χ2v) is 8.31. The standard InChI is InChI=1S/C18H21Cl2NO2S/c1-3-4-5-14-6-9-16(10-7-14)24(22,23)21-13(2)17-11-8-15(19)12-18(17)20/h6-13,21H,3-5H2,1-2H3/t13-/m0/s1. The van der Waals surface area contributed by atoms with Crippen molar-refractivity contribution in [1.82, 2.24) is 4.72 Å². The fourth-order valence-corrected chi connectivity index (χ4v) is 4.23. The Balaban J connectivity index is 2.15. The van der Waals surface area contributed by atoms with Gasteiger partial charge < -0.3 is 0 Å². The van der Waals surface area contributed by atoms with Crippen LogP contribution in [-0.4, -0.2) is 8.42 Å². The molecule has 24 heavy (non-hydrogen) atoms. The van der Waals surface area contributed by atoms with E-state index in [-0.39, 0.29) is 4.90 Å². The van der Waals surface area contributed by atoms with E-state index in [0.717, 1.165) is 24.8 Å². The van der Waals surface area contributed by atoms with Gasteiger partial charge in [-0.2, -0.15) is 0 Å². The minimum Gasteiger partial charge on any atom is -0.207 e. The molecule has 0 aromatic heterocycles. The SMILES string of the molecule is CCCCc1ccc(S(=O)(=O)N[C@@H](C)c2ccc(Cl)cc2Cl)cc1. The molecule has 1 N–H and O–H groups in total. The van der Waals surface area contributed by atoms with Crippen LogP contribution in [0.3, 0.4) is 0 Å². The van der Waals surface area contributed by atoms with E-state index in [0.29, 0.717) is 15.6 Å². The van der Waals surface area contributed by atoms with Gasteiger partial charge in [0.25, 0.3) is 0 Å². The van der Waals surface area contributed by atoms with Gasteiger partial charge >= 0.3 is 0 Å². The second kappa shape index (κ2) is 8.34. The van der Waals surface area contributed by atoms with Gasteiger partial charge in [-0.3, -0.25) is 0 Å². The molecule has 0 fully saturated rings. The molecule has 130 valence electrons. The summed E-state index contributed by atoms with van der Waals surface area (Å²) in [6, 6.07) is 11.6. The Labute approximate surface area is 154 Å². The Morgan fingerprint density at radius 1 is 1.08 bits per heavy atom. The molecule has 0 aliphatic rings. The van der Waals surface area contributed by atoms with Crippen LogP contribution in [0.2, 0.25) is 10.0 Å². The number of nitrogens with one attached hydrogen (secondary N) is 1. The number of hydrogen-bond acceptors (Lipinski definition) is 2. The van der Waals surface area contributed by atoms with Crippen LogP contribution < -0.4 is 4.72 Å². The quantitative estimate of drug-likeness (QED) is 0.695. The Hall–Kier alpha value is -1.07. The Morgan fingerprint density at radius 2 is 1.75 bits per heavy atom. The van der Waals surface area contributed by atoms with Gasteiger partial charge in [-0.25, -0.2) is 13.1 Å². The summed E-state index contributed by atoms with van der Waals surface area (Å²) in [5, 5.41) is 0.953. The molecule has 2 rings (SSSR count). The highest BCUT2D eigenvalue weighted by Crippen LogP contribution is 2.27. The van der Waals surface area contributed by atoms with E-state index >= 15 is 0 Å². The second-order valence-electron chi connectivity index (χ2n) is 5.76. The van der Waals surface area contributed by atoms with Crippen LogP contribution >= 0.6 is 23.2 Å². The van der Waals surface area contributed by atoms with E-state index in [1.165, 1.54) is 0 Å². The highest BCUT2D eigenvalue weighted by Gasteiger charge is 2.20. The first-order chi connectivity index (χ1) is 11.3. The lowest BCUT2D eigenvalue weighted by atomic mass is 10.1. The fraction of sp³-hybridized carbons (Fsp3) is 0.333. The Morgan fingerprint density at radius 3 is 2.33 bits per heavy atom. The van der Waals surface area contributed by atoms with E-state index in [4.69, 9.17) is 23.2 Å². The lowest BCUT2D eigenvalue weighted by Gasteiger charge is -2.16. The van der Waals surface area contributed by atoms with Crippen molar-refractivity contribution in [3.63, 3.8) is 0 Å². The molecule has 0 amide bonds. The van der Waals surface area contributed by atoms with Gasteiger partial charge in [-0.1, -0.05) is 54.7 Å². The first-order valence-corrected chi connectivity index (χ1v) is 10.1. The maximum Gasteiger partial charge on any atom is 0.241 e. The third-order valence-corrected chi connectivity index (χ3v) is 5.93. The van der Waals surface area contributed by atoms with Crippen LogP contribution in [0.25, 0.3) is 0 Å². The van der Waals surface area contributed by atoms with E-state index in [2.05, 4.69) is 11.6 Å². The van der Waals surface area contributed by atoms with Gasteiger partial charge in [0.1, 0.15) is 0 Å². The summed E-state index contributed by atoms with van der Waals surface area (Å²) in [7, 11) is -3.61. The predicted octanol–water partition coefficient (Wildman–Crippen LogP) is 5.38. The smallest absolute Gasteiger partial charge is 0.207 e. The zero-order valence-corrected chi connectivity index (χ0v) is 16.0. The maximum atomic E-state index is 12.5. The van der Waals surface area contributed by atoms with Crippen molar-refractivity contribution >= 4 is 33.2 Å². The summed E-state index contributed by atoms with van der Waals surface area (Å²) in [6.07, 6.45) is 3.17. The molecule has 0 bridgehead atoms. The number of unbranched alkanes of at least 4 members (excludes halogenated alkanes) is 1. The van der Waals surface area contributed by atoms with Crippen LogP contribution in [0, 0.1) is 0 Å². The molecule has 0 aliphatic heterocycles. The lowest BCUT2D eigenvalue weighted by molar-refractivity contribution is 0.567. The van der Waals surface area contributed by atoms with Crippen molar-refractivity contribution in [3.8, 4) is 0 Å². The highest BCUT2D eigenvalue weighted by molar-refractivity contribution is 7.89. The molecular weight excluding hydrogens is 365 g/mol. The zero-order valence-electron chi connectivity index (χ0n) is 13.7. The third kappa shape index (κ3) is 4.96. The molecular formula is C18H21Cl2NO2S. The van der Waals surface area contributed by atoms with E-state index in [1.807, 2.05) is 12.1 Å². The molecule has 6 heteroatoms. The van der Waals surface area contributed by atoms with E-state index < -0.39 is 16.1 Å². The molecule has 0 aliphatic carbocycles. The van der Waals surface area contributed by atoms with Crippen LogP contribution in [0.4, 0.5) is 0 Å². The van der Waals surface area contributed by atoms with Crippen LogP contribution in [-0.2, 0) is 16.4 Å². The maximum absolute atomic E-state index is 12.5. The molecule has 1 atom stereocenters. The van der Waals surface area contributed by atoms with Crippen LogP contribution in [0.15, 0.2) is 47.4 Å². The normalized spacial score (nSPS) is 13.0. The topological polar surface area (TPSA) is 46.2 Å². The average molecular weight is 386 g/mol. The summed E-state index contributed by atoms with van der Waals surface area (Å²) in [4.78, 5) is 0.250. The number of benzene rings is 2. The molecule has 0 spiro atoms. The number of hydrogen-bond donors (Lipinski definition) is 1. The van der Waals surface area contributed by atoms with Crippen molar-refractivity contribution in [1.29, 1.82) is 0 Å². The third-order valence-electron chi connectivity index (χ3n) is 3.81. The summed E-state index contributed by atoms with van der Waals surface area (Å²) < 4.78 is 27.7. The average Bonchev–Trinajstić information content (AvgIpc) is 2.52. The van der Waals surface area contributed by atoms with Gasteiger partial charge in [-0.05, 0) is 55.2 Å². The van der Waals surface area contributed by atoms with Gasteiger partial charge in [0.05, 0.1) is 4.90 Å². The summed E-state index contributed by atoms with van der Waals surface area (Å²) >= 11 is 12.0. The van der Waals surface area contributed by atoms with Gasteiger partial charge in [0, 0.05) is 16.1 Å². The molecule has 0 saturated heterocycles. The summed E-state index contributed by atoms with van der Waals surface area (Å²) in [5.74, 6) is 0. The zero-order chi connectivity index (χ0) is 17.7. The van der Waals surface area contributed by atoms with E-state index in [9.17, 15) is 8.42 Å². The van der Waals surface area contributed by atoms with Gasteiger partial charge in [0.15, 0.2) is 0 Å². The molecule has 0 radical (unpaired) electrons. The monoisotopic (exact) mass is 385 g/mol. The van der Waals surface area contributed by atoms with Crippen LogP contribution in [0.5, 0.6) is 0 Å². The van der Waals surface area contributed by atoms with Crippen molar-refractivity contribution in [2.24, 2.45) is 0 Å². The van der Waals surface area contributed by atoms with Crippen molar-refractivity contribution < 1.29 is 8.42 Å². The Bertz CT molecular complexity index is 789. The number of aryl methyl sites for hydroxylation is 1. The van der Waals surface area contributed by atoms with Gasteiger partial charge in [-0.15, -0.1) is 0 Å². The molecule has 3 nitrogen and oxygen atoms in total. The number of halogens is 2. The van der Waals surface area contributed by atoms with Crippen molar-refractivity contribution in [2.45, 2.75) is 44.0 Å². The largest absolute Gasteiger partial charge is 0.241 e. The summed E-state index contributed by atoms with van der Waals surface area (Å²) in [6.45, 7) is 3.88. The fourth-order valence-electron chi connectivity index (χ4n) is 2.43. The molecule has 0 unspecified atom stereocenters. The Kier molecular flexibility index (Phi) is 6.70. The van der Waals surface area contributed by atoms with Crippen LogP contribution in [0.1, 0.15) is 43.9 Å². The summed E-state index contributed by atoms with van der Waals surface area (Å²) in [5.41, 5.74) is 1.83. The highest BCUT2D eigenvalue weighted by atomic mass is 35.5. The first-order valence-electron chi connectivity index (χ1n) is 7.89. The molecule has 2 aromatic carbocycles. The first kappa shape index (κ1) is 19.3. The van der Waals surface area contributed by atoms with Gasteiger partial charge in [0.2, 0.25) is 10.0 Å². The molecule has 2 aromatic rings. The lowest BCUT2D eigenvalue weighted by Crippen LogP contribution is -2.27. The number of rotatable bonds is 7. The molecule has 0 saturated carbocycles. The predicted molar refractivity (Wildman–Crippen MR) is 100 cm³/mol. The minimum absolute atomic E-state index is 0.250. The molecule has 0 heterocycles. The van der Waals surface area contributed by atoms with Crippen molar-refractivity contribution in [2.75, 3.05) is 0 Å². The number of sulfonamides is 1. The minimum atomic E-state index is -3.61. The van der Waals surface area contributed by atoms with E-state index in [1.54, 1.807) is 37.3 Å². The van der Waals surface area contributed by atoms with Crippen molar-refractivity contribution in [3.05, 3.63) is 63.6 Å².